The fraction of sp³-hybridized carbons (Fsp3) is 1.00. The van der Waals surface area contributed by atoms with Gasteiger partial charge in [-0.25, -0.2) is 0 Å². The largest absolute Gasteiger partial charge is 0.331 e. The summed E-state index contributed by atoms with van der Waals surface area (Å²) in [6.45, 7) is 2.11. The molecule has 0 aliphatic carbocycles. The predicted molar refractivity (Wildman–Crippen MR) is 59.5 cm³/mol. The summed E-state index contributed by atoms with van der Waals surface area (Å²) in [4.78, 5) is 8.31. The molecule has 0 aromatic heterocycles. The number of unbranched alkanes of at least 4 members (excludes halogenated alkanes) is 5. The summed E-state index contributed by atoms with van der Waals surface area (Å²) in [5, 5.41) is 0. The summed E-state index contributed by atoms with van der Waals surface area (Å²) in [6.07, 6.45) is 5.71. The van der Waals surface area contributed by atoms with Gasteiger partial charge < -0.3 is 4.89 Å². The second-order valence-corrected chi connectivity index (χ2v) is 6.10. The molecule has 1 N–H and O–H groups in total. The van der Waals surface area contributed by atoms with Crippen LogP contribution >= 0.6 is 8.25 Å². The summed E-state index contributed by atoms with van der Waals surface area (Å²) < 4.78 is 36.1. The van der Waals surface area contributed by atoms with Crippen molar-refractivity contribution in [1.82, 2.24) is 0 Å². The van der Waals surface area contributed by atoms with Crippen LogP contribution in [0, 0.1) is 0 Å². The molecule has 0 radical (unpaired) electrons. The second-order valence-electron chi connectivity index (χ2n) is 3.38. The third-order valence-corrected chi connectivity index (χ3v) is 4.32. The monoisotopic (exact) mass is 322 g/mol. The van der Waals surface area contributed by atoms with Crippen molar-refractivity contribution in [1.29, 1.82) is 0 Å². The van der Waals surface area contributed by atoms with Crippen molar-refractivity contribution >= 4 is 18.4 Å². The van der Waals surface area contributed by atoms with Crippen LogP contribution in [0.5, 0.6) is 0 Å². The summed E-state index contributed by atoms with van der Waals surface area (Å²) in [6, 6.07) is 0. The van der Waals surface area contributed by atoms with Crippen LogP contribution < -0.4 is 0 Å². The maximum atomic E-state index is 11.0. The fourth-order valence-corrected chi connectivity index (χ4v) is 2.97. The average molecular weight is 324 g/mol. The topological polar surface area (TPSA) is 80.7 Å². The molecular formula is C8H19O5PSZn. The van der Waals surface area contributed by atoms with Crippen LogP contribution in [0.1, 0.15) is 45.4 Å². The molecule has 16 heavy (non-hydrogen) atoms. The normalized spacial score (nSPS) is 13.1. The standard InChI is InChI=1S/C8H19O5PS.Zn/c1-2-3-4-5-6-7-8-15(11,12)13-14(9)10;/h14H,2-8H2,1H3,(H,9,10);. The minimum absolute atomic E-state index is 0. The van der Waals surface area contributed by atoms with E-state index >= 15 is 0 Å². The van der Waals surface area contributed by atoms with Crippen molar-refractivity contribution in [2.45, 2.75) is 45.4 Å². The molecule has 0 aliphatic rings. The second kappa shape index (κ2) is 10.9. The molecule has 0 amide bonds. The molecule has 8 heteroatoms. The van der Waals surface area contributed by atoms with E-state index in [4.69, 9.17) is 4.89 Å². The van der Waals surface area contributed by atoms with Crippen LogP contribution in [-0.2, 0) is 38.1 Å². The van der Waals surface area contributed by atoms with Crippen LogP contribution in [0.15, 0.2) is 0 Å². The summed E-state index contributed by atoms with van der Waals surface area (Å²) in [5.41, 5.74) is 0. The van der Waals surface area contributed by atoms with Gasteiger partial charge in [-0.1, -0.05) is 39.0 Å². The van der Waals surface area contributed by atoms with E-state index in [0.29, 0.717) is 6.42 Å². The van der Waals surface area contributed by atoms with Gasteiger partial charge in [-0.3, -0.25) is 4.57 Å². The van der Waals surface area contributed by atoms with Crippen molar-refractivity contribution in [2.75, 3.05) is 5.75 Å². The molecule has 0 aromatic rings. The Kier molecular flexibility index (Phi) is 12.9. The Hall–Kier alpha value is 0.723. The molecule has 0 saturated heterocycles. The number of hydrogen-bond donors (Lipinski definition) is 1. The smallest absolute Gasteiger partial charge is 0.326 e. The van der Waals surface area contributed by atoms with Crippen LogP contribution in [0.3, 0.4) is 0 Å². The molecule has 0 fully saturated rings. The first-order chi connectivity index (χ1) is 6.98. The molecule has 0 aromatic carbocycles. The van der Waals surface area contributed by atoms with Gasteiger partial charge in [-0.05, 0) is 6.42 Å². The molecule has 5 nitrogen and oxygen atoms in total. The number of hydrogen-bond acceptors (Lipinski definition) is 4. The summed E-state index contributed by atoms with van der Waals surface area (Å²) in [7, 11) is -7.17. The van der Waals surface area contributed by atoms with E-state index in [1.165, 1.54) is 0 Å². The van der Waals surface area contributed by atoms with Gasteiger partial charge in [0.1, 0.15) is 0 Å². The molecule has 94 valence electrons. The molecule has 0 aliphatic heterocycles. The predicted octanol–water partition coefficient (Wildman–Crippen LogP) is 2.07. The van der Waals surface area contributed by atoms with Gasteiger partial charge in [0.25, 0.3) is 10.1 Å². The van der Waals surface area contributed by atoms with Gasteiger partial charge in [-0.15, -0.1) is 0 Å². The van der Waals surface area contributed by atoms with Crippen LogP contribution in [0.4, 0.5) is 0 Å². The van der Waals surface area contributed by atoms with Crippen molar-refractivity contribution in [3.63, 3.8) is 0 Å². The van der Waals surface area contributed by atoms with Crippen LogP contribution in [0.25, 0.3) is 0 Å². The molecule has 0 rings (SSSR count). The Bertz CT molecular complexity index is 280. The third-order valence-electron chi connectivity index (χ3n) is 1.95. The van der Waals surface area contributed by atoms with E-state index in [1.807, 2.05) is 0 Å². The van der Waals surface area contributed by atoms with Gasteiger partial charge in [0.05, 0.1) is 5.75 Å². The average Bonchev–Trinajstić information content (AvgIpc) is 2.08. The molecular weight excluding hydrogens is 305 g/mol. The van der Waals surface area contributed by atoms with Crippen molar-refractivity contribution in [2.24, 2.45) is 0 Å². The fourth-order valence-electron chi connectivity index (χ4n) is 1.21. The maximum Gasteiger partial charge on any atom is 0.331 e. The van der Waals surface area contributed by atoms with Crippen molar-refractivity contribution in [3.05, 3.63) is 0 Å². The minimum Gasteiger partial charge on any atom is -0.326 e. The zero-order valence-corrected chi connectivity index (χ0v) is 14.4. The maximum absolute atomic E-state index is 11.0. The van der Waals surface area contributed by atoms with Gasteiger partial charge in [0.2, 0.25) is 0 Å². The van der Waals surface area contributed by atoms with Gasteiger partial charge in [0, 0.05) is 19.5 Å². The van der Waals surface area contributed by atoms with Crippen LogP contribution in [-0.4, -0.2) is 19.1 Å². The van der Waals surface area contributed by atoms with E-state index in [9.17, 15) is 13.0 Å². The Labute approximate surface area is 111 Å². The first-order valence-corrected chi connectivity index (χ1v) is 7.97. The van der Waals surface area contributed by atoms with Gasteiger partial charge in [-0.2, -0.15) is 12.4 Å². The SMILES string of the molecule is CCCCCCCCS(=O)(=O)O[PH](=O)O.[Zn]. The summed E-state index contributed by atoms with van der Waals surface area (Å²) in [5.74, 6) is -0.171. The van der Waals surface area contributed by atoms with E-state index in [-0.39, 0.29) is 25.2 Å². The Morgan fingerprint density at radius 3 is 2.12 bits per heavy atom. The quantitative estimate of drug-likeness (QED) is 0.399. The molecule has 1 atom stereocenters. The molecule has 1 unspecified atom stereocenters. The summed E-state index contributed by atoms with van der Waals surface area (Å²) >= 11 is 0. The van der Waals surface area contributed by atoms with E-state index < -0.39 is 18.4 Å². The zero-order chi connectivity index (χ0) is 11.7. The van der Waals surface area contributed by atoms with E-state index in [1.54, 1.807) is 0 Å². The number of rotatable bonds is 9. The molecule has 0 saturated carbocycles. The van der Waals surface area contributed by atoms with E-state index in [0.717, 1.165) is 32.1 Å². The van der Waals surface area contributed by atoms with Crippen molar-refractivity contribution < 1.29 is 41.3 Å². The first-order valence-electron chi connectivity index (χ1n) is 5.13. The molecule has 0 bridgehead atoms. The molecule has 0 spiro atoms. The third kappa shape index (κ3) is 12.8. The minimum atomic E-state index is -3.79. The first kappa shape index (κ1) is 19.1. The Morgan fingerprint density at radius 2 is 1.62 bits per heavy atom. The Morgan fingerprint density at radius 1 is 1.12 bits per heavy atom. The van der Waals surface area contributed by atoms with Crippen LogP contribution in [0.2, 0.25) is 0 Å². The van der Waals surface area contributed by atoms with Gasteiger partial charge >= 0.3 is 8.25 Å². The Balaban J connectivity index is 0. The zero-order valence-electron chi connectivity index (χ0n) is 9.65. The van der Waals surface area contributed by atoms with Gasteiger partial charge in [0.15, 0.2) is 0 Å². The molecule has 0 heterocycles. The van der Waals surface area contributed by atoms with Crippen molar-refractivity contribution in [3.8, 4) is 0 Å². The van der Waals surface area contributed by atoms with E-state index in [2.05, 4.69) is 10.9 Å².